The van der Waals surface area contributed by atoms with E-state index in [-0.39, 0.29) is 5.91 Å². The third-order valence-electron chi connectivity index (χ3n) is 7.36. The van der Waals surface area contributed by atoms with Crippen molar-refractivity contribution < 1.29 is 14.3 Å². The number of primary amides is 1. The van der Waals surface area contributed by atoms with Gasteiger partial charge in [-0.3, -0.25) is 9.59 Å². The molecule has 0 unspecified atom stereocenters. The molecule has 0 bridgehead atoms. The van der Waals surface area contributed by atoms with Crippen LogP contribution in [0.25, 0.3) is 22.3 Å². The number of carbonyl (C=O) groups excluding carboxylic acids is 2. The van der Waals surface area contributed by atoms with Crippen molar-refractivity contribution in [3.05, 3.63) is 65.7 Å². The van der Waals surface area contributed by atoms with Gasteiger partial charge in [-0.1, -0.05) is 44.0 Å². The maximum Gasteiger partial charge on any atom is 0.249 e. The highest BCUT2D eigenvalue weighted by Crippen LogP contribution is 2.59. The number of unbranched alkanes of at least 4 members (excludes halogenated alkanes) is 2. The quantitative estimate of drug-likeness (QED) is 0.346. The first-order valence-electron chi connectivity index (χ1n) is 12.2. The van der Waals surface area contributed by atoms with E-state index >= 15 is 0 Å². The molecule has 3 aromatic rings. The number of methoxy groups -OCH3 is 1. The van der Waals surface area contributed by atoms with Crippen molar-refractivity contribution in [1.82, 2.24) is 0 Å². The predicted molar refractivity (Wildman–Crippen MR) is 140 cm³/mol. The summed E-state index contributed by atoms with van der Waals surface area (Å²) in [6.07, 6.45) is 4.89. The average Bonchev–Trinajstić information content (AvgIpc) is 3.64. The number of carbonyl (C=O) groups is 2. The van der Waals surface area contributed by atoms with Gasteiger partial charge in [0.15, 0.2) is 0 Å². The van der Waals surface area contributed by atoms with Crippen LogP contribution in [0.2, 0.25) is 0 Å². The summed E-state index contributed by atoms with van der Waals surface area (Å²) in [7, 11) is 1.61. The van der Waals surface area contributed by atoms with E-state index in [1.807, 2.05) is 47.4 Å². The van der Waals surface area contributed by atoms with E-state index in [4.69, 9.17) is 16.2 Å². The van der Waals surface area contributed by atoms with Crippen molar-refractivity contribution in [3.8, 4) is 28.0 Å². The van der Waals surface area contributed by atoms with E-state index in [2.05, 4.69) is 13.0 Å². The van der Waals surface area contributed by atoms with E-state index < -0.39 is 11.3 Å². The molecule has 0 saturated heterocycles. The molecule has 1 heterocycles. The van der Waals surface area contributed by atoms with Crippen molar-refractivity contribution >= 4 is 23.2 Å². The molecule has 0 atom stereocenters. The fourth-order valence-electron chi connectivity index (χ4n) is 5.33. The molecule has 3 aromatic carbocycles. The van der Waals surface area contributed by atoms with E-state index in [0.717, 1.165) is 71.4 Å². The standard InChI is InChI=1S/C29H31N3O3/c1-3-4-5-15-32-25-17-24(30)22(16-23(25)29(13-14-29)28(32)34)20-7-6-8-21(27(31)33)26(20)18-9-11-19(35-2)12-10-18/h6-12,16-17H,3-5,13-15,30H2,1-2H3,(H2,31,33). The number of hydrogen-bond donors (Lipinski definition) is 2. The maximum absolute atomic E-state index is 13.4. The first-order chi connectivity index (χ1) is 16.9. The van der Waals surface area contributed by atoms with Crippen LogP contribution in [0.5, 0.6) is 5.75 Å². The van der Waals surface area contributed by atoms with Crippen LogP contribution < -0.4 is 21.1 Å². The third kappa shape index (κ3) is 3.73. The summed E-state index contributed by atoms with van der Waals surface area (Å²) in [4.78, 5) is 27.8. The lowest BCUT2D eigenvalue weighted by atomic mass is 9.87. The molecule has 6 heteroatoms. The Kier molecular flexibility index (Phi) is 5.75. The van der Waals surface area contributed by atoms with Crippen molar-refractivity contribution in [2.45, 2.75) is 44.4 Å². The van der Waals surface area contributed by atoms with Gasteiger partial charge in [0.2, 0.25) is 11.8 Å². The highest BCUT2D eigenvalue weighted by atomic mass is 16.5. The van der Waals surface area contributed by atoms with Gasteiger partial charge in [-0.2, -0.15) is 0 Å². The second kappa shape index (κ2) is 8.77. The van der Waals surface area contributed by atoms with Gasteiger partial charge in [-0.15, -0.1) is 0 Å². The minimum absolute atomic E-state index is 0.196. The second-order valence-corrected chi connectivity index (χ2v) is 9.52. The molecule has 1 aliphatic carbocycles. The molecule has 0 aromatic heterocycles. The number of anilines is 2. The van der Waals surface area contributed by atoms with Crippen molar-refractivity contribution in [2.75, 3.05) is 24.3 Å². The van der Waals surface area contributed by atoms with Crippen LogP contribution in [-0.2, 0) is 10.2 Å². The van der Waals surface area contributed by atoms with Gasteiger partial charge < -0.3 is 21.1 Å². The molecule has 2 aliphatic rings. The number of nitrogen functional groups attached to an aromatic ring is 1. The molecule has 6 nitrogen and oxygen atoms in total. The lowest BCUT2D eigenvalue weighted by molar-refractivity contribution is -0.120. The van der Waals surface area contributed by atoms with Gasteiger partial charge in [-0.25, -0.2) is 0 Å². The van der Waals surface area contributed by atoms with Gasteiger partial charge in [0, 0.05) is 28.9 Å². The predicted octanol–water partition coefficient (Wildman–Crippen LogP) is 5.28. The minimum atomic E-state index is -0.506. The zero-order valence-electron chi connectivity index (χ0n) is 20.3. The van der Waals surface area contributed by atoms with Gasteiger partial charge >= 0.3 is 0 Å². The average molecular weight is 470 g/mol. The van der Waals surface area contributed by atoms with E-state index in [1.54, 1.807) is 13.2 Å². The van der Waals surface area contributed by atoms with E-state index in [0.29, 0.717) is 17.8 Å². The molecule has 5 rings (SSSR count). The highest BCUT2D eigenvalue weighted by Gasteiger charge is 2.59. The van der Waals surface area contributed by atoms with Gasteiger partial charge in [0.25, 0.3) is 0 Å². The Bertz CT molecular complexity index is 1310. The molecule has 2 amide bonds. The summed E-state index contributed by atoms with van der Waals surface area (Å²) in [5, 5.41) is 0. The Morgan fingerprint density at radius 1 is 1.06 bits per heavy atom. The van der Waals surface area contributed by atoms with Crippen LogP contribution in [-0.4, -0.2) is 25.5 Å². The Labute approximate surface area is 205 Å². The molecular formula is C29H31N3O3. The molecule has 1 fully saturated rings. The summed E-state index contributed by atoms with van der Waals surface area (Å²) in [6.45, 7) is 2.88. The number of ether oxygens (including phenoxy) is 1. The molecule has 0 radical (unpaired) electrons. The summed E-state index contributed by atoms with van der Waals surface area (Å²) in [5.74, 6) is 0.413. The minimum Gasteiger partial charge on any atom is -0.497 e. The van der Waals surface area contributed by atoms with Crippen LogP contribution in [0.4, 0.5) is 11.4 Å². The zero-order valence-corrected chi connectivity index (χ0v) is 20.3. The lowest BCUT2D eigenvalue weighted by Gasteiger charge is -2.20. The van der Waals surface area contributed by atoms with Crippen molar-refractivity contribution in [1.29, 1.82) is 0 Å². The largest absolute Gasteiger partial charge is 0.497 e. The molecule has 1 saturated carbocycles. The number of rotatable bonds is 8. The summed E-state index contributed by atoms with van der Waals surface area (Å²) in [6, 6.07) is 17.1. The van der Waals surface area contributed by atoms with Crippen molar-refractivity contribution in [3.63, 3.8) is 0 Å². The Morgan fingerprint density at radius 3 is 2.43 bits per heavy atom. The molecule has 180 valence electrons. The normalized spacial score (nSPS) is 15.4. The molecule has 4 N–H and O–H groups in total. The van der Waals surface area contributed by atoms with Crippen LogP contribution in [0.1, 0.15) is 54.9 Å². The fraction of sp³-hybridized carbons (Fsp3) is 0.310. The molecule has 1 spiro atoms. The number of amides is 2. The Hall–Kier alpha value is -3.80. The monoisotopic (exact) mass is 469 g/mol. The third-order valence-corrected chi connectivity index (χ3v) is 7.36. The smallest absolute Gasteiger partial charge is 0.249 e. The Balaban J connectivity index is 1.67. The number of nitrogens with zero attached hydrogens (tertiary/aromatic N) is 1. The lowest BCUT2D eigenvalue weighted by Crippen LogP contribution is -2.32. The van der Waals surface area contributed by atoms with Crippen molar-refractivity contribution in [2.24, 2.45) is 5.73 Å². The van der Waals surface area contributed by atoms with Gasteiger partial charge in [0.05, 0.1) is 18.2 Å². The molecule has 35 heavy (non-hydrogen) atoms. The number of nitrogens with two attached hydrogens (primary N) is 2. The van der Waals surface area contributed by atoms with Crippen LogP contribution in [0, 0.1) is 0 Å². The summed E-state index contributed by atoms with van der Waals surface area (Å²) < 4.78 is 5.30. The van der Waals surface area contributed by atoms with E-state index in [1.165, 1.54) is 0 Å². The Morgan fingerprint density at radius 2 is 1.80 bits per heavy atom. The molecular weight excluding hydrogens is 438 g/mol. The second-order valence-electron chi connectivity index (χ2n) is 9.52. The van der Waals surface area contributed by atoms with Crippen LogP contribution in [0.3, 0.4) is 0 Å². The van der Waals surface area contributed by atoms with Crippen LogP contribution >= 0.6 is 0 Å². The molecule has 1 aliphatic heterocycles. The maximum atomic E-state index is 13.4. The fourth-order valence-corrected chi connectivity index (χ4v) is 5.33. The van der Waals surface area contributed by atoms with Gasteiger partial charge in [-0.05, 0) is 66.3 Å². The SMILES string of the molecule is CCCCCN1C(=O)C2(CC2)c2cc(-c3cccc(C(N)=O)c3-c3ccc(OC)cc3)c(N)cc21. The zero-order chi connectivity index (χ0) is 24.7. The topological polar surface area (TPSA) is 98.6 Å². The number of fused-ring (bicyclic) bond motifs is 2. The summed E-state index contributed by atoms with van der Waals surface area (Å²) >= 11 is 0. The van der Waals surface area contributed by atoms with Gasteiger partial charge in [0.1, 0.15) is 5.75 Å². The number of benzene rings is 3. The summed E-state index contributed by atoms with van der Waals surface area (Å²) in [5.41, 5.74) is 18.2. The number of hydrogen-bond acceptors (Lipinski definition) is 4. The first-order valence-corrected chi connectivity index (χ1v) is 12.2. The highest BCUT2D eigenvalue weighted by molar-refractivity contribution is 6.12. The van der Waals surface area contributed by atoms with E-state index in [9.17, 15) is 9.59 Å². The van der Waals surface area contributed by atoms with Crippen LogP contribution in [0.15, 0.2) is 54.6 Å². The first kappa shape index (κ1) is 23.0.